The maximum absolute atomic E-state index is 12.1. The number of nitrogens with zero attached hydrogens (tertiary/aromatic N) is 1. The van der Waals surface area contributed by atoms with E-state index in [0.717, 1.165) is 11.3 Å². The molecule has 0 aliphatic rings. The number of carbonyl (C=O) groups excluding carboxylic acids is 2. The molecule has 0 atom stereocenters. The van der Waals surface area contributed by atoms with Crippen LogP contribution in [0.15, 0.2) is 66.1 Å². The van der Waals surface area contributed by atoms with E-state index in [1.807, 2.05) is 54.6 Å². The molecule has 7 heteroatoms. The summed E-state index contributed by atoms with van der Waals surface area (Å²) < 4.78 is 10.4. The summed E-state index contributed by atoms with van der Waals surface area (Å²) in [6.07, 6.45) is 3.19. The van der Waals surface area contributed by atoms with Gasteiger partial charge in [0.15, 0.2) is 5.13 Å². The molecule has 1 aromatic heterocycles. The summed E-state index contributed by atoms with van der Waals surface area (Å²) in [5.41, 5.74) is 1.39. The lowest BCUT2D eigenvalue weighted by Gasteiger charge is -2.05. The Hall–Kier alpha value is -3.45. The molecule has 0 bridgehead atoms. The number of rotatable bonds is 7. The number of hydrogen-bond donors (Lipinski definition) is 1. The van der Waals surface area contributed by atoms with Crippen LogP contribution in [0, 0.1) is 0 Å². The van der Waals surface area contributed by atoms with Gasteiger partial charge in [-0.05, 0) is 35.9 Å². The topological polar surface area (TPSA) is 77.5 Å². The van der Waals surface area contributed by atoms with E-state index in [1.54, 1.807) is 11.5 Å². The highest BCUT2D eigenvalue weighted by Gasteiger charge is 2.08. The number of carbonyl (C=O) groups is 2. The average molecular weight is 394 g/mol. The Labute approximate surface area is 166 Å². The highest BCUT2D eigenvalue weighted by Crippen LogP contribution is 2.22. The van der Waals surface area contributed by atoms with Gasteiger partial charge >= 0.3 is 5.97 Å². The fraction of sp³-hybridized carbons (Fsp3) is 0.0952. The van der Waals surface area contributed by atoms with Crippen LogP contribution in [0.5, 0.6) is 11.5 Å². The first-order valence-corrected chi connectivity index (χ1v) is 9.33. The number of esters is 1. The molecule has 1 N–H and O–H groups in total. The van der Waals surface area contributed by atoms with Crippen LogP contribution in [-0.2, 0) is 20.7 Å². The Bertz CT molecular complexity index is 983. The van der Waals surface area contributed by atoms with Crippen LogP contribution in [0.25, 0.3) is 6.08 Å². The molecule has 0 aliphatic heterocycles. The number of nitrogens with one attached hydrogen (secondary N) is 1. The lowest BCUT2D eigenvalue weighted by atomic mass is 10.2. The lowest BCUT2D eigenvalue weighted by molar-refractivity contribution is -0.139. The molecule has 2 aromatic carbocycles. The molecule has 0 spiro atoms. The summed E-state index contributed by atoms with van der Waals surface area (Å²) in [5.74, 6) is 0.739. The van der Waals surface area contributed by atoms with Crippen LogP contribution in [0.3, 0.4) is 0 Å². The van der Waals surface area contributed by atoms with Gasteiger partial charge in [-0.15, -0.1) is 11.3 Å². The molecule has 1 heterocycles. The monoisotopic (exact) mass is 394 g/mol. The molecule has 1 amide bonds. The van der Waals surface area contributed by atoms with Crippen molar-refractivity contribution in [3.05, 3.63) is 77.3 Å². The van der Waals surface area contributed by atoms with Crippen LogP contribution in [0.1, 0.15) is 11.3 Å². The molecule has 0 saturated heterocycles. The van der Waals surface area contributed by atoms with Crippen molar-refractivity contribution < 1.29 is 19.1 Å². The second kappa shape index (κ2) is 9.48. The first kappa shape index (κ1) is 19.3. The Morgan fingerprint density at radius 3 is 2.68 bits per heavy atom. The minimum Gasteiger partial charge on any atom is -0.469 e. The molecular weight excluding hydrogens is 376 g/mol. The number of thiazole rings is 1. The van der Waals surface area contributed by atoms with E-state index >= 15 is 0 Å². The van der Waals surface area contributed by atoms with Gasteiger partial charge < -0.3 is 9.47 Å². The normalized spacial score (nSPS) is 10.6. The molecule has 0 fully saturated rings. The van der Waals surface area contributed by atoms with Gasteiger partial charge in [-0.2, -0.15) is 0 Å². The molecule has 6 nitrogen and oxygen atoms in total. The summed E-state index contributed by atoms with van der Waals surface area (Å²) >= 11 is 1.25. The summed E-state index contributed by atoms with van der Waals surface area (Å²) in [6.45, 7) is 0. The van der Waals surface area contributed by atoms with E-state index < -0.39 is 0 Å². The van der Waals surface area contributed by atoms with Crippen molar-refractivity contribution in [3.63, 3.8) is 0 Å². The van der Waals surface area contributed by atoms with Crippen molar-refractivity contribution in [2.45, 2.75) is 6.42 Å². The third-order valence-corrected chi connectivity index (χ3v) is 4.41. The van der Waals surface area contributed by atoms with Crippen molar-refractivity contribution >= 4 is 34.4 Å². The van der Waals surface area contributed by atoms with Crippen LogP contribution in [0.4, 0.5) is 5.13 Å². The van der Waals surface area contributed by atoms with E-state index in [-0.39, 0.29) is 18.3 Å². The summed E-state index contributed by atoms with van der Waals surface area (Å²) in [7, 11) is 1.32. The first-order valence-electron chi connectivity index (χ1n) is 8.45. The average Bonchev–Trinajstić information content (AvgIpc) is 3.14. The molecule has 3 rings (SSSR count). The molecule has 3 aromatic rings. The van der Waals surface area contributed by atoms with Crippen LogP contribution in [0.2, 0.25) is 0 Å². The second-order valence-corrected chi connectivity index (χ2v) is 6.57. The SMILES string of the molecule is COC(=O)Cc1csc(NC(=O)/C=C/c2cccc(Oc3ccccc3)c2)n1. The zero-order valence-corrected chi connectivity index (χ0v) is 15.9. The maximum atomic E-state index is 12.1. The highest BCUT2D eigenvalue weighted by atomic mass is 32.1. The van der Waals surface area contributed by atoms with E-state index in [9.17, 15) is 9.59 Å². The van der Waals surface area contributed by atoms with Crippen molar-refractivity contribution in [3.8, 4) is 11.5 Å². The van der Waals surface area contributed by atoms with E-state index in [2.05, 4.69) is 15.0 Å². The third-order valence-electron chi connectivity index (χ3n) is 3.60. The minimum absolute atomic E-state index is 0.0763. The minimum atomic E-state index is -0.374. The molecule has 0 radical (unpaired) electrons. The number of amides is 1. The Balaban J connectivity index is 1.58. The van der Waals surface area contributed by atoms with Crippen molar-refractivity contribution in [1.82, 2.24) is 4.98 Å². The number of aromatic nitrogens is 1. The predicted octanol–water partition coefficient (Wildman–Crippen LogP) is 4.30. The van der Waals surface area contributed by atoms with Crippen molar-refractivity contribution in [2.24, 2.45) is 0 Å². The zero-order chi connectivity index (χ0) is 19.8. The first-order chi connectivity index (χ1) is 13.6. The fourth-order valence-electron chi connectivity index (χ4n) is 2.29. The molecule has 0 aliphatic carbocycles. The van der Waals surface area contributed by atoms with Gasteiger partial charge in [-0.1, -0.05) is 30.3 Å². The van der Waals surface area contributed by atoms with E-state index in [0.29, 0.717) is 16.6 Å². The zero-order valence-electron chi connectivity index (χ0n) is 15.1. The third kappa shape index (κ3) is 5.78. The largest absolute Gasteiger partial charge is 0.469 e. The van der Waals surface area contributed by atoms with Gasteiger partial charge in [-0.25, -0.2) is 4.98 Å². The fourth-order valence-corrected chi connectivity index (χ4v) is 3.00. The number of ether oxygens (including phenoxy) is 2. The number of para-hydroxylation sites is 1. The lowest BCUT2D eigenvalue weighted by Crippen LogP contribution is -2.08. The number of anilines is 1. The standard InChI is InChI=1S/C21H18N2O4S/c1-26-20(25)13-16-14-28-21(22-16)23-19(24)11-10-15-6-5-9-18(12-15)27-17-7-3-2-4-8-17/h2-12,14H,13H2,1H3,(H,22,23,24)/b11-10+. The number of methoxy groups -OCH3 is 1. The maximum Gasteiger partial charge on any atom is 0.311 e. The van der Waals surface area contributed by atoms with Gasteiger partial charge in [0.25, 0.3) is 0 Å². The Kier molecular flexibility index (Phi) is 6.54. The smallest absolute Gasteiger partial charge is 0.311 e. The Morgan fingerprint density at radius 1 is 1.11 bits per heavy atom. The molecular formula is C21H18N2O4S. The quantitative estimate of drug-likeness (QED) is 0.477. The highest BCUT2D eigenvalue weighted by molar-refractivity contribution is 7.14. The van der Waals surface area contributed by atoms with Crippen LogP contribution >= 0.6 is 11.3 Å². The molecule has 28 heavy (non-hydrogen) atoms. The van der Waals surface area contributed by atoms with E-state index in [1.165, 1.54) is 24.5 Å². The van der Waals surface area contributed by atoms with Gasteiger partial charge in [-0.3, -0.25) is 14.9 Å². The number of benzene rings is 2. The number of hydrogen-bond acceptors (Lipinski definition) is 6. The summed E-state index contributed by atoms with van der Waals surface area (Å²) in [6, 6.07) is 16.9. The van der Waals surface area contributed by atoms with Gasteiger partial charge in [0.2, 0.25) is 5.91 Å². The van der Waals surface area contributed by atoms with Gasteiger partial charge in [0.05, 0.1) is 19.2 Å². The van der Waals surface area contributed by atoms with Crippen molar-refractivity contribution in [1.29, 1.82) is 0 Å². The molecule has 0 unspecified atom stereocenters. The van der Waals surface area contributed by atoms with Gasteiger partial charge in [0, 0.05) is 11.5 Å². The second-order valence-electron chi connectivity index (χ2n) is 5.71. The molecule has 142 valence electrons. The van der Waals surface area contributed by atoms with Crippen molar-refractivity contribution in [2.75, 3.05) is 12.4 Å². The molecule has 0 saturated carbocycles. The van der Waals surface area contributed by atoms with Gasteiger partial charge in [0.1, 0.15) is 11.5 Å². The summed E-state index contributed by atoms with van der Waals surface area (Å²) in [5, 5.41) is 4.81. The Morgan fingerprint density at radius 2 is 1.89 bits per heavy atom. The van der Waals surface area contributed by atoms with Crippen LogP contribution < -0.4 is 10.1 Å². The summed E-state index contributed by atoms with van der Waals surface area (Å²) in [4.78, 5) is 27.5. The van der Waals surface area contributed by atoms with E-state index in [4.69, 9.17) is 4.74 Å². The van der Waals surface area contributed by atoms with Crippen LogP contribution in [-0.4, -0.2) is 24.0 Å². The predicted molar refractivity (Wildman–Crippen MR) is 108 cm³/mol.